The molecule has 2 aliphatic rings. The highest BCUT2D eigenvalue weighted by Gasteiger charge is 2.45. The molecule has 2 rings (SSSR count). The van der Waals surface area contributed by atoms with Gasteiger partial charge in [0.25, 0.3) is 0 Å². The largest absolute Gasteiger partial charge is 0.480 e. The van der Waals surface area contributed by atoms with Gasteiger partial charge < -0.3 is 5.11 Å². The van der Waals surface area contributed by atoms with Crippen molar-refractivity contribution in [2.75, 3.05) is 0 Å². The number of carboxylic acids is 1. The first-order valence-corrected chi connectivity index (χ1v) is 7.04. The van der Waals surface area contributed by atoms with E-state index in [0.29, 0.717) is 17.9 Å². The summed E-state index contributed by atoms with van der Waals surface area (Å²) < 4.78 is 0. The number of rotatable bonds is 3. The fraction of sp³-hybridized carbons (Fsp3) is 0.929. The van der Waals surface area contributed by atoms with Crippen molar-refractivity contribution in [3.05, 3.63) is 0 Å². The zero-order valence-electron chi connectivity index (χ0n) is 11.0. The second-order valence-corrected chi connectivity index (χ2v) is 6.21. The highest BCUT2D eigenvalue weighted by Crippen LogP contribution is 2.37. The van der Waals surface area contributed by atoms with Crippen molar-refractivity contribution in [1.29, 1.82) is 0 Å². The Balaban J connectivity index is 2.06. The van der Waals surface area contributed by atoms with Gasteiger partial charge in [0.2, 0.25) is 0 Å². The highest BCUT2D eigenvalue weighted by molar-refractivity contribution is 5.79. The van der Waals surface area contributed by atoms with E-state index < -0.39 is 11.5 Å². The van der Waals surface area contributed by atoms with Crippen LogP contribution in [0.2, 0.25) is 0 Å². The molecule has 0 amide bonds. The topological polar surface area (TPSA) is 49.3 Å². The molecule has 17 heavy (non-hydrogen) atoms. The van der Waals surface area contributed by atoms with Crippen LogP contribution in [0.4, 0.5) is 0 Å². The molecule has 0 aromatic heterocycles. The summed E-state index contributed by atoms with van der Waals surface area (Å²) >= 11 is 0. The number of nitrogens with one attached hydrogen (secondary N) is 1. The van der Waals surface area contributed by atoms with Crippen molar-refractivity contribution in [3.63, 3.8) is 0 Å². The second-order valence-electron chi connectivity index (χ2n) is 6.21. The lowest BCUT2D eigenvalue weighted by Crippen LogP contribution is -2.58. The Labute approximate surface area is 104 Å². The molecule has 0 saturated heterocycles. The molecule has 0 aromatic rings. The van der Waals surface area contributed by atoms with Gasteiger partial charge in [-0.15, -0.1) is 0 Å². The molecule has 0 radical (unpaired) electrons. The van der Waals surface area contributed by atoms with Crippen LogP contribution in [0.15, 0.2) is 0 Å². The molecule has 2 fully saturated rings. The van der Waals surface area contributed by atoms with Gasteiger partial charge in [-0.1, -0.05) is 26.7 Å². The van der Waals surface area contributed by atoms with Gasteiger partial charge in [-0.2, -0.15) is 0 Å². The van der Waals surface area contributed by atoms with E-state index >= 15 is 0 Å². The third-order valence-corrected chi connectivity index (χ3v) is 4.91. The average molecular weight is 239 g/mol. The maximum Gasteiger partial charge on any atom is 0.323 e. The van der Waals surface area contributed by atoms with Crippen LogP contribution in [0.25, 0.3) is 0 Å². The van der Waals surface area contributed by atoms with Crippen LogP contribution in [0.3, 0.4) is 0 Å². The van der Waals surface area contributed by atoms with Gasteiger partial charge >= 0.3 is 5.97 Å². The zero-order chi connectivity index (χ0) is 12.5. The minimum Gasteiger partial charge on any atom is -0.480 e. The first kappa shape index (κ1) is 12.9. The summed E-state index contributed by atoms with van der Waals surface area (Å²) in [6.07, 6.45) is 7.42. The normalized spacial score (nSPS) is 39.4. The number of carboxylic acid groups (broad SMARTS) is 1. The van der Waals surface area contributed by atoms with E-state index in [0.717, 1.165) is 32.1 Å². The Morgan fingerprint density at radius 1 is 1.18 bits per heavy atom. The second kappa shape index (κ2) is 4.97. The average Bonchev–Trinajstić information content (AvgIpc) is 2.76. The lowest BCUT2D eigenvalue weighted by atomic mass is 9.71. The minimum atomic E-state index is -0.638. The Morgan fingerprint density at radius 2 is 1.82 bits per heavy atom. The quantitative estimate of drug-likeness (QED) is 0.796. The van der Waals surface area contributed by atoms with Crippen molar-refractivity contribution < 1.29 is 9.90 Å². The summed E-state index contributed by atoms with van der Waals surface area (Å²) in [4.78, 5) is 11.7. The summed E-state index contributed by atoms with van der Waals surface area (Å²) in [6, 6.07) is 0.437. The van der Waals surface area contributed by atoms with E-state index in [2.05, 4.69) is 19.2 Å². The Hall–Kier alpha value is -0.570. The van der Waals surface area contributed by atoms with Gasteiger partial charge in [-0.25, -0.2) is 0 Å². The van der Waals surface area contributed by atoms with Gasteiger partial charge in [-0.3, -0.25) is 10.1 Å². The summed E-state index contributed by atoms with van der Waals surface area (Å²) in [5.41, 5.74) is -0.638. The van der Waals surface area contributed by atoms with E-state index in [-0.39, 0.29) is 0 Å². The van der Waals surface area contributed by atoms with E-state index in [1.807, 2.05) is 0 Å². The Morgan fingerprint density at radius 3 is 2.35 bits per heavy atom. The number of hydrogen-bond acceptors (Lipinski definition) is 2. The monoisotopic (exact) mass is 239 g/mol. The molecule has 2 N–H and O–H groups in total. The molecule has 0 spiro atoms. The molecule has 0 bridgehead atoms. The molecule has 3 atom stereocenters. The summed E-state index contributed by atoms with van der Waals surface area (Å²) in [5, 5.41) is 13.1. The number of carbonyl (C=O) groups is 1. The van der Waals surface area contributed by atoms with Crippen LogP contribution < -0.4 is 5.32 Å². The molecule has 0 heterocycles. The van der Waals surface area contributed by atoms with Gasteiger partial charge in [0.15, 0.2) is 0 Å². The highest BCUT2D eigenvalue weighted by atomic mass is 16.4. The Kier molecular flexibility index (Phi) is 3.76. The molecule has 2 aliphatic carbocycles. The smallest absolute Gasteiger partial charge is 0.323 e. The standard InChI is InChI=1S/C14H25NO2/c1-10-7-8-14(13(16)17,9-11(10)2)15-12-5-3-4-6-12/h10-12,15H,3-9H2,1-2H3,(H,16,17). The summed E-state index contributed by atoms with van der Waals surface area (Å²) in [6.45, 7) is 4.43. The van der Waals surface area contributed by atoms with Gasteiger partial charge in [-0.05, 0) is 43.9 Å². The van der Waals surface area contributed by atoms with Gasteiger partial charge in [0.1, 0.15) is 5.54 Å². The van der Waals surface area contributed by atoms with Crippen molar-refractivity contribution in [1.82, 2.24) is 5.32 Å². The van der Waals surface area contributed by atoms with E-state index in [9.17, 15) is 9.90 Å². The van der Waals surface area contributed by atoms with Crippen LogP contribution in [0, 0.1) is 11.8 Å². The van der Waals surface area contributed by atoms with Crippen LogP contribution in [0.1, 0.15) is 58.8 Å². The lowest BCUT2D eigenvalue weighted by Gasteiger charge is -2.42. The third kappa shape index (κ3) is 2.65. The SMILES string of the molecule is CC1CCC(NC2CCCC2)(C(=O)O)CC1C. The van der Waals surface area contributed by atoms with E-state index in [1.54, 1.807) is 0 Å². The number of aliphatic carboxylic acids is 1. The van der Waals surface area contributed by atoms with Crippen molar-refractivity contribution >= 4 is 5.97 Å². The van der Waals surface area contributed by atoms with E-state index in [4.69, 9.17) is 0 Å². The van der Waals surface area contributed by atoms with Crippen molar-refractivity contribution in [2.24, 2.45) is 11.8 Å². The van der Waals surface area contributed by atoms with Crippen LogP contribution >= 0.6 is 0 Å². The minimum absolute atomic E-state index is 0.437. The number of hydrogen-bond donors (Lipinski definition) is 2. The summed E-state index contributed by atoms with van der Waals surface area (Å²) in [5.74, 6) is 0.532. The molecular weight excluding hydrogens is 214 g/mol. The van der Waals surface area contributed by atoms with Crippen molar-refractivity contribution in [3.8, 4) is 0 Å². The third-order valence-electron chi connectivity index (χ3n) is 4.91. The van der Waals surface area contributed by atoms with Crippen LogP contribution in [-0.2, 0) is 4.79 Å². The first-order valence-electron chi connectivity index (χ1n) is 7.04. The molecular formula is C14H25NO2. The predicted molar refractivity (Wildman–Crippen MR) is 67.9 cm³/mol. The zero-order valence-corrected chi connectivity index (χ0v) is 11.0. The molecule has 0 aromatic carbocycles. The van der Waals surface area contributed by atoms with Crippen LogP contribution in [0.5, 0.6) is 0 Å². The van der Waals surface area contributed by atoms with Gasteiger partial charge in [0, 0.05) is 6.04 Å². The maximum absolute atomic E-state index is 11.7. The van der Waals surface area contributed by atoms with Crippen molar-refractivity contribution in [2.45, 2.75) is 70.4 Å². The van der Waals surface area contributed by atoms with Gasteiger partial charge in [0.05, 0.1) is 0 Å². The summed E-state index contributed by atoms with van der Waals surface area (Å²) in [7, 11) is 0. The maximum atomic E-state index is 11.7. The van der Waals surface area contributed by atoms with Crippen LogP contribution in [-0.4, -0.2) is 22.7 Å². The fourth-order valence-electron chi connectivity index (χ4n) is 3.46. The fourth-order valence-corrected chi connectivity index (χ4v) is 3.46. The van der Waals surface area contributed by atoms with E-state index in [1.165, 1.54) is 12.8 Å². The molecule has 3 nitrogen and oxygen atoms in total. The first-order chi connectivity index (χ1) is 8.03. The molecule has 98 valence electrons. The molecule has 3 unspecified atom stereocenters. The molecule has 0 aliphatic heterocycles. The lowest BCUT2D eigenvalue weighted by molar-refractivity contribution is -0.148. The molecule has 2 saturated carbocycles. The Bertz CT molecular complexity index is 286. The predicted octanol–water partition coefficient (Wildman–Crippen LogP) is 2.80. The molecule has 3 heteroatoms.